The Morgan fingerprint density at radius 3 is 2.60 bits per heavy atom. The van der Waals surface area contributed by atoms with Crippen LogP contribution in [-0.4, -0.2) is 54.0 Å². The predicted octanol–water partition coefficient (Wildman–Crippen LogP) is 1.99. The molecule has 20 heavy (non-hydrogen) atoms. The van der Waals surface area contributed by atoms with Crippen LogP contribution in [0.15, 0.2) is 12.3 Å². The van der Waals surface area contributed by atoms with Crippen LogP contribution in [0.1, 0.15) is 23.3 Å². The third kappa shape index (κ3) is 5.85. The van der Waals surface area contributed by atoms with E-state index in [4.69, 9.17) is 0 Å². The highest BCUT2D eigenvalue weighted by atomic mass is 127. The topological polar surface area (TPSA) is 64.4 Å². The number of piperidine rings is 1. The lowest BCUT2D eigenvalue weighted by molar-refractivity contribution is -0.146. The van der Waals surface area contributed by atoms with Gasteiger partial charge >= 0.3 is 5.97 Å². The van der Waals surface area contributed by atoms with E-state index in [1.807, 2.05) is 0 Å². The molecule has 1 fully saturated rings. The molecule has 6 nitrogen and oxygen atoms in total. The smallest absolute Gasteiger partial charge is 0.308 e. The Hall–Kier alpha value is -0.530. The lowest BCUT2D eigenvalue weighted by Crippen LogP contribution is -2.33. The number of methoxy groups -OCH3 is 1. The molecule has 2 rings (SSSR count). The lowest BCUT2D eigenvalue weighted by Gasteiger charge is -2.26. The van der Waals surface area contributed by atoms with Crippen molar-refractivity contribution in [2.75, 3.05) is 27.2 Å². The van der Waals surface area contributed by atoms with E-state index in [1.54, 1.807) is 16.7 Å². The lowest BCUT2D eigenvalue weighted by atomic mass is 9.98. The van der Waals surface area contributed by atoms with Crippen molar-refractivity contribution in [2.24, 2.45) is 5.92 Å². The summed E-state index contributed by atoms with van der Waals surface area (Å²) in [7, 11) is 3.54. The van der Waals surface area contributed by atoms with E-state index in [9.17, 15) is 9.59 Å². The zero-order valence-corrected chi connectivity index (χ0v) is 14.7. The number of hydrogen-bond donors (Lipinski definition) is 0. The normalized spacial score (nSPS) is 16.8. The second-order valence-corrected chi connectivity index (χ2v) is 6.56. The average molecular weight is 411 g/mol. The molecular formula is C12H19IN3O3P. The number of rotatable bonds is 3. The highest BCUT2D eigenvalue weighted by Gasteiger charge is 2.23. The Labute approximate surface area is 133 Å². The van der Waals surface area contributed by atoms with Crippen LogP contribution < -0.4 is 0 Å². The number of nitrogens with zero attached hydrogens (tertiary/aromatic N) is 3. The molecule has 1 saturated heterocycles. The zero-order valence-electron chi connectivity index (χ0n) is 11.6. The van der Waals surface area contributed by atoms with Crippen molar-refractivity contribution in [2.45, 2.75) is 12.8 Å². The summed E-state index contributed by atoms with van der Waals surface area (Å²) in [5.41, 5.74) is 0.499. The van der Waals surface area contributed by atoms with E-state index in [1.165, 1.54) is 7.11 Å². The van der Waals surface area contributed by atoms with E-state index < -0.39 is 0 Å². The summed E-state index contributed by atoms with van der Waals surface area (Å²) in [6.45, 7) is 2.03. The Kier molecular flexibility index (Phi) is 8.25. The van der Waals surface area contributed by atoms with E-state index in [-0.39, 0.29) is 11.9 Å². The van der Waals surface area contributed by atoms with Gasteiger partial charge < -0.3 is 9.64 Å². The fraction of sp³-hybridized carbons (Fsp3) is 0.583. The molecule has 1 aliphatic heterocycles. The maximum atomic E-state index is 11.0. The van der Waals surface area contributed by atoms with Crippen molar-refractivity contribution in [1.82, 2.24) is 14.5 Å². The van der Waals surface area contributed by atoms with Gasteiger partial charge in [0.05, 0.1) is 19.4 Å². The minimum Gasteiger partial charge on any atom is -0.469 e. The minimum absolute atomic E-state index is 0.0434. The van der Waals surface area contributed by atoms with E-state index >= 15 is 0 Å². The second-order valence-electron chi connectivity index (χ2n) is 4.49. The first-order valence-corrected chi connectivity index (χ1v) is 10.3. The van der Waals surface area contributed by atoms with Crippen LogP contribution in [0.4, 0.5) is 0 Å². The highest BCUT2D eigenvalue weighted by molar-refractivity contribution is 14.2. The van der Waals surface area contributed by atoms with Gasteiger partial charge in [0.25, 0.3) is 0 Å². The number of carbonyl (C=O) groups excluding carboxylic acids is 2. The minimum atomic E-state index is -0.0434. The zero-order chi connectivity index (χ0) is 15.0. The SMILES string of the molecule is COC(=O)C1CCN(C)CC1.O=Cc1ccn(PI)n1. The van der Waals surface area contributed by atoms with Gasteiger partial charge in [-0.15, -0.1) is 0 Å². The first-order chi connectivity index (χ1) is 9.60. The van der Waals surface area contributed by atoms with E-state index in [0.29, 0.717) is 12.1 Å². The van der Waals surface area contributed by atoms with Gasteiger partial charge in [0.1, 0.15) is 5.69 Å². The number of carbonyl (C=O) groups is 2. The van der Waals surface area contributed by atoms with Crippen molar-refractivity contribution < 1.29 is 14.3 Å². The van der Waals surface area contributed by atoms with Gasteiger partial charge in [0.15, 0.2) is 6.29 Å². The van der Waals surface area contributed by atoms with Gasteiger partial charge in [-0.1, -0.05) is 0 Å². The van der Waals surface area contributed by atoms with Crippen LogP contribution in [0.2, 0.25) is 0 Å². The molecular weight excluding hydrogens is 392 g/mol. The molecule has 0 N–H and O–H groups in total. The van der Waals surface area contributed by atoms with Gasteiger partial charge in [-0.05, 0) is 61.1 Å². The maximum Gasteiger partial charge on any atom is 0.308 e. The fourth-order valence-electron chi connectivity index (χ4n) is 1.86. The van der Waals surface area contributed by atoms with Crippen molar-refractivity contribution >= 4 is 40.7 Å². The van der Waals surface area contributed by atoms with Crippen LogP contribution in [0, 0.1) is 5.92 Å². The van der Waals surface area contributed by atoms with E-state index in [0.717, 1.165) is 32.2 Å². The molecule has 1 atom stereocenters. The maximum absolute atomic E-state index is 11.0. The summed E-state index contributed by atoms with van der Waals surface area (Å²) < 4.78 is 6.39. The van der Waals surface area contributed by atoms with Gasteiger partial charge in [0, 0.05) is 6.20 Å². The van der Waals surface area contributed by atoms with Crippen molar-refractivity contribution in [1.29, 1.82) is 0 Å². The van der Waals surface area contributed by atoms with E-state index in [2.05, 4.69) is 43.8 Å². The summed E-state index contributed by atoms with van der Waals surface area (Å²) in [6.07, 6.45) is 5.00. The third-order valence-electron chi connectivity index (χ3n) is 3.07. The number of esters is 1. The average Bonchev–Trinajstić information content (AvgIpc) is 2.96. The molecule has 0 bridgehead atoms. The standard InChI is InChI=1S/C8H15NO2.C4H4IN2OP/c1-9-5-3-7(4-6-9)8(10)11-2;5-9-7-2-1-4(3-8)6-7/h7H,3-6H2,1-2H3;1-3,9H. The Balaban J connectivity index is 0.000000204. The number of aldehydes is 1. The van der Waals surface area contributed by atoms with Crippen molar-refractivity contribution in [3.63, 3.8) is 0 Å². The molecule has 1 aliphatic rings. The Bertz CT molecular complexity index is 433. The summed E-state index contributed by atoms with van der Waals surface area (Å²) in [5, 5.41) is 3.90. The number of likely N-dealkylation sites (tertiary alicyclic amines) is 1. The number of hydrogen-bond acceptors (Lipinski definition) is 5. The number of aromatic nitrogens is 2. The molecule has 112 valence electrons. The second kappa shape index (κ2) is 9.41. The fourth-order valence-corrected chi connectivity index (χ4v) is 2.95. The highest BCUT2D eigenvalue weighted by Crippen LogP contribution is 2.21. The van der Waals surface area contributed by atoms with Gasteiger partial charge in [-0.3, -0.25) is 9.59 Å². The van der Waals surface area contributed by atoms with Crippen LogP contribution in [0.3, 0.4) is 0 Å². The van der Waals surface area contributed by atoms with Crippen LogP contribution >= 0.6 is 28.4 Å². The molecule has 1 unspecified atom stereocenters. The predicted molar refractivity (Wildman–Crippen MR) is 87.6 cm³/mol. The molecule has 0 aromatic carbocycles. The van der Waals surface area contributed by atoms with Gasteiger partial charge in [-0.2, -0.15) is 5.10 Å². The monoisotopic (exact) mass is 411 g/mol. The largest absolute Gasteiger partial charge is 0.469 e. The molecule has 0 spiro atoms. The summed E-state index contributed by atoms with van der Waals surface area (Å²) in [5.74, 6) is 0.106. The summed E-state index contributed by atoms with van der Waals surface area (Å²) in [6, 6.07) is 1.69. The van der Waals surface area contributed by atoms with Crippen molar-refractivity contribution in [3.05, 3.63) is 18.0 Å². The van der Waals surface area contributed by atoms with Crippen LogP contribution in [0.25, 0.3) is 0 Å². The van der Waals surface area contributed by atoms with Gasteiger partial charge in [-0.25, -0.2) is 4.45 Å². The molecule has 1 aromatic heterocycles. The van der Waals surface area contributed by atoms with Crippen LogP contribution in [0.5, 0.6) is 0 Å². The molecule has 0 saturated carbocycles. The molecule has 8 heteroatoms. The summed E-state index contributed by atoms with van der Waals surface area (Å²) >= 11 is 2.20. The molecule has 0 aliphatic carbocycles. The molecule has 0 amide bonds. The van der Waals surface area contributed by atoms with Gasteiger partial charge in [0.2, 0.25) is 0 Å². The first-order valence-electron chi connectivity index (χ1n) is 6.24. The molecule has 1 aromatic rings. The quantitative estimate of drug-likeness (QED) is 0.330. The Morgan fingerprint density at radius 2 is 2.20 bits per heavy atom. The van der Waals surface area contributed by atoms with Crippen LogP contribution in [-0.2, 0) is 9.53 Å². The molecule has 2 heterocycles. The number of ether oxygens (including phenoxy) is 1. The summed E-state index contributed by atoms with van der Waals surface area (Å²) in [4.78, 5) is 23.3. The Morgan fingerprint density at radius 1 is 1.55 bits per heavy atom. The third-order valence-corrected chi connectivity index (χ3v) is 4.98. The first kappa shape index (κ1) is 17.5. The van der Waals surface area contributed by atoms with Crippen molar-refractivity contribution in [3.8, 4) is 0 Å². The molecule has 0 radical (unpaired) electrons. The number of halogens is 1.